The number of nitrogens with one attached hydrogen (secondary N) is 2. The van der Waals surface area contributed by atoms with Crippen LogP contribution in [0.3, 0.4) is 0 Å². The monoisotopic (exact) mass is 327 g/mol. The summed E-state index contributed by atoms with van der Waals surface area (Å²) in [6.07, 6.45) is 0.600. The molecule has 1 aliphatic rings. The molecule has 1 unspecified atom stereocenters. The van der Waals surface area contributed by atoms with Gasteiger partial charge in [0.05, 0.1) is 18.1 Å². The smallest absolute Gasteiger partial charge is 0.191 e. The Balaban J connectivity index is 2.02. The number of aryl methyl sites for hydroxylation is 1. The zero-order valence-corrected chi connectivity index (χ0v) is 13.7. The summed E-state index contributed by atoms with van der Waals surface area (Å²) in [6, 6.07) is 4.81. The largest absolute Gasteiger partial charge is 0.357 e. The lowest BCUT2D eigenvalue weighted by molar-refractivity contribution is 0.599. The van der Waals surface area contributed by atoms with E-state index in [0.29, 0.717) is 31.0 Å². The fourth-order valence-corrected chi connectivity index (χ4v) is 4.07. The van der Waals surface area contributed by atoms with Gasteiger partial charge in [0.15, 0.2) is 15.8 Å². The fraction of sp³-hybridized carbons (Fsp3) is 0.533. The zero-order valence-electron chi connectivity index (χ0n) is 12.9. The van der Waals surface area contributed by atoms with E-state index < -0.39 is 9.84 Å². The predicted molar refractivity (Wildman–Crippen MR) is 86.1 cm³/mol. The van der Waals surface area contributed by atoms with Gasteiger partial charge in [-0.1, -0.05) is 12.1 Å². The van der Waals surface area contributed by atoms with Crippen LogP contribution in [0.2, 0.25) is 0 Å². The quantitative estimate of drug-likeness (QED) is 0.647. The summed E-state index contributed by atoms with van der Waals surface area (Å²) in [5.74, 6) is 0.731. The van der Waals surface area contributed by atoms with Crippen LogP contribution in [0.25, 0.3) is 0 Å². The van der Waals surface area contributed by atoms with Gasteiger partial charge >= 0.3 is 0 Å². The molecule has 1 aliphatic heterocycles. The van der Waals surface area contributed by atoms with Crippen molar-refractivity contribution in [2.75, 3.05) is 18.1 Å². The molecular weight excluding hydrogens is 305 g/mol. The highest BCUT2D eigenvalue weighted by atomic mass is 32.2. The molecule has 0 radical (unpaired) electrons. The molecule has 1 fully saturated rings. The Bertz CT molecular complexity index is 659. The van der Waals surface area contributed by atoms with Crippen LogP contribution >= 0.6 is 0 Å². The lowest BCUT2D eigenvalue weighted by Crippen LogP contribution is -2.44. The normalized spacial score (nSPS) is 20.9. The van der Waals surface area contributed by atoms with Crippen molar-refractivity contribution in [1.82, 2.24) is 10.6 Å². The first-order valence-electron chi connectivity index (χ1n) is 7.40. The van der Waals surface area contributed by atoms with Crippen LogP contribution in [0.5, 0.6) is 0 Å². The summed E-state index contributed by atoms with van der Waals surface area (Å²) in [6.45, 7) is 4.77. The van der Waals surface area contributed by atoms with Crippen LogP contribution in [0.15, 0.2) is 23.2 Å². The van der Waals surface area contributed by atoms with Gasteiger partial charge in [-0.15, -0.1) is 0 Å². The molecule has 0 saturated carbocycles. The molecule has 2 rings (SSSR count). The SMILES string of the molecule is CCNC(=NCc1ccc(F)c(C)c1)NC1CCS(=O)(=O)C1. The van der Waals surface area contributed by atoms with Gasteiger partial charge < -0.3 is 10.6 Å². The van der Waals surface area contributed by atoms with Crippen molar-refractivity contribution in [1.29, 1.82) is 0 Å². The molecule has 1 heterocycles. The highest BCUT2D eigenvalue weighted by Gasteiger charge is 2.28. The van der Waals surface area contributed by atoms with Crippen LogP contribution in [-0.4, -0.2) is 38.5 Å². The highest BCUT2D eigenvalue weighted by Crippen LogP contribution is 2.12. The topological polar surface area (TPSA) is 70.6 Å². The van der Waals surface area contributed by atoms with E-state index in [2.05, 4.69) is 15.6 Å². The van der Waals surface area contributed by atoms with Gasteiger partial charge in [0, 0.05) is 12.6 Å². The average molecular weight is 327 g/mol. The maximum Gasteiger partial charge on any atom is 0.191 e. The second-order valence-electron chi connectivity index (χ2n) is 5.52. The first-order valence-corrected chi connectivity index (χ1v) is 9.22. The first kappa shape index (κ1) is 16.7. The van der Waals surface area contributed by atoms with Gasteiger partial charge in [0.1, 0.15) is 5.82 Å². The lowest BCUT2D eigenvalue weighted by Gasteiger charge is -2.15. The van der Waals surface area contributed by atoms with Gasteiger partial charge in [-0.2, -0.15) is 0 Å². The molecule has 0 bridgehead atoms. The third kappa shape index (κ3) is 4.69. The molecule has 22 heavy (non-hydrogen) atoms. The molecule has 0 aliphatic carbocycles. The van der Waals surface area contributed by atoms with Gasteiger partial charge in [-0.05, 0) is 37.5 Å². The molecule has 1 aromatic rings. The van der Waals surface area contributed by atoms with E-state index in [0.717, 1.165) is 5.56 Å². The summed E-state index contributed by atoms with van der Waals surface area (Å²) in [5.41, 5.74) is 1.50. The second kappa shape index (κ2) is 7.09. The molecule has 2 N–H and O–H groups in total. The van der Waals surface area contributed by atoms with Crippen LogP contribution in [0, 0.1) is 12.7 Å². The number of benzene rings is 1. The van der Waals surface area contributed by atoms with E-state index in [1.807, 2.05) is 6.92 Å². The maximum atomic E-state index is 13.2. The Morgan fingerprint density at radius 2 is 2.23 bits per heavy atom. The molecule has 5 nitrogen and oxygen atoms in total. The Hall–Kier alpha value is -1.63. The van der Waals surface area contributed by atoms with Crippen molar-refractivity contribution < 1.29 is 12.8 Å². The van der Waals surface area contributed by atoms with E-state index in [9.17, 15) is 12.8 Å². The van der Waals surface area contributed by atoms with Gasteiger partial charge in [0.25, 0.3) is 0 Å². The number of sulfone groups is 1. The minimum absolute atomic E-state index is 0.0993. The van der Waals surface area contributed by atoms with Crippen LogP contribution < -0.4 is 10.6 Å². The molecule has 1 aromatic carbocycles. The number of hydrogen-bond donors (Lipinski definition) is 2. The van der Waals surface area contributed by atoms with Crippen LogP contribution in [0.1, 0.15) is 24.5 Å². The van der Waals surface area contributed by atoms with Crippen molar-refractivity contribution in [3.8, 4) is 0 Å². The van der Waals surface area contributed by atoms with E-state index in [1.165, 1.54) is 6.07 Å². The lowest BCUT2D eigenvalue weighted by atomic mass is 10.1. The first-order chi connectivity index (χ1) is 10.4. The number of aliphatic imine (C=N–C) groups is 1. The Morgan fingerprint density at radius 3 is 2.82 bits per heavy atom. The molecule has 0 amide bonds. The Labute approximate surface area is 130 Å². The highest BCUT2D eigenvalue weighted by molar-refractivity contribution is 7.91. The molecule has 7 heteroatoms. The Kier molecular flexibility index (Phi) is 5.39. The Morgan fingerprint density at radius 1 is 1.45 bits per heavy atom. The summed E-state index contributed by atoms with van der Waals surface area (Å²) in [4.78, 5) is 4.44. The summed E-state index contributed by atoms with van der Waals surface area (Å²) < 4.78 is 36.2. The van der Waals surface area contributed by atoms with E-state index in [1.54, 1.807) is 19.1 Å². The van der Waals surface area contributed by atoms with Crippen molar-refractivity contribution in [3.63, 3.8) is 0 Å². The minimum Gasteiger partial charge on any atom is -0.357 e. The zero-order chi connectivity index (χ0) is 16.2. The van der Waals surface area contributed by atoms with E-state index >= 15 is 0 Å². The van der Waals surface area contributed by atoms with Crippen molar-refractivity contribution >= 4 is 15.8 Å². The third-order valence-corrected chi connectivity index (χ3v) is 5.33. The molecule has 1 atom stereocenters. The van der Waals surface area contributed by atoms with Crippen molar-refractivity contribution in [2.45, 2.75) is 32.9 Å². The molecule has 1 saturated heterocycles. The van der Waals surface area contributed by atoms with Crippen LogP contribution in [-0.2, 0) is 16.4 Å². The number of hydrogen-bond acceptors (Lipinski definition) is 3. The molecular formula is C15H22FN3O2S. The average Bonchev–Trinajstić information content (AvgIpc) is 2.79. The molecule has 0 spiro atoms. The van der Waals surface area contributed by atoms with Gasteiger partial charge in [-0.3, -0.25) is 0 Å². The minimum atomic E-state index is -2.92. The van der Waals surface area contributed by atoms with Crippen molar-refractivity contribution in [2.24, 2.45) is 4.99 Å². The van der Waals surface area contributed by atoms with Gasteiger partial charge in [-0.25, -0.2) is 17.8 Å². The molecule has 122 valence electrons. The number of guanidine groups is 1. The summed E-state index contributed by atoms with van der Waals surface area (Å²) in [5, 5.41) is 6.26. The summed E-state index contributed by atoms with van der Waals surface area (Å²) >= 11 is 0. The van der Waals surface area contributed by atoms with E-state index in [-0.39, 0.29) is 23.4 Å². The number of rotatable bonds is 4. The predicted octanol–water partition coefficient (Wildman–Crippen LogP) is 1.38. The maximum absolute atomic E-state index is 13.2. The molecule has 0 aromatic heterocycles. The number of nitrogens with zero attached hydrogens (tertiary/aromatic N) is 1. The fourth-order valence-electron chi connectivity index (χ4n) is 2.40. The number of halogens is 1. The standard InChI is InChI=1S/C15H22FN3O2S/c1-3-17-15(19-13-6-7-22(20,21)10-13)18-9-12-4-5-14(16)11(2)8-12/h4-5,8,13H,3,6-7,9-10H2,1-2H3,(H2,17,18,19). The second-order valence-corrected chi connectivity index (χ2v) is 7.75. The van der Waals surface area contributed by atoms with Crippen molar-refractivity contribution in [3.05, 3.63) is 35.1 Å². The van der Waals surface area contributed by atoms with Gasteiger partial charge in [0.2, 0.25) is 0 Å². The summed E-state index contributed by atoms with van der Waals surface area (Å²) in [7, 11) is -2.92. The van der Waals surface area contributed by atoms with E-state index in [4.69, 9.17) is 0 Å². The van der Waals surface area contributed by atoms with Crippen LogP contribution in [0.4, 0.5) is 4.39 Å². The third-order valence-electron chi connectivity index (χ3n) is 3.56.